The largest absolute Gasteiger partial charge is 0.481 e. The lowest BCUT2D eigenvalue weighted by atomic mass is 9.96. The van der Waals surface area contributed by atoms with Crippen LogP contribution in [0.4, 0.5) is 0 Å². The van der Waals surface area contributed by atoms with Gasteiger partial charge >= 0.3 is 11.9 Å². The summed E-state index contributed by atoms with van der Waals surface area (Å²) in [6, 6.07) is 11.3. The third-order valence-electron chi connectivity index (χ3n) is 7.15. The fourth-order valence-corrected chi connectivity index (χ4v) is 4.56. The van der Waals surface area contributed by atoms with Crippen LogP contribution in [0.25, 0.3) is 10.9 Å². The molecule has 0 aliphatic carbocycles. The molecule has 5 unspecified atom stereocenters. The molecule has 3 aromatic rings. The molecule has 5 atom stereocenters. The van der Waals surface area contributed by atoms with Gasteiger partial charge in [-0.05, 0) is 23.1 Å². The first-order valence-electron chi connectivity index (χ1n) is 13.7. The number of hydrogen-bond donors (Lipinski definition) is 7. The zero-order chi connectivity index (χ0) is 30.8. The van der Waals surface area contributed by atoms with E-state index in [1.54, 1.807) is 43.5 Å². The molecular formula is C30H37N5O7. The molecule has 42 heavy (non-hydrogen) atoms. The number of H-pyrrole nitrogens is 1. The van der Waals surface area contributed by atoms with Crippen LogP contribution in [0.1, 0.15) is 37.8 Å². The number of carboxylic acid groups (broad SMARTS) is 2. The molecule has 0 spiro atoms. The third kappa shape index (κ3) is 8.64. The number of rotatable bonds is 15. The number of carboxylic acids is 2. The Bertz CT molecular complexity index is 1410. The van der Waals surface area contributed by atoms with Crippen molar-refractivity contribution in [2.24, 2.45) is 11.7 Å². The highest BCUT2D eigenvalue weighted by molar-refractivity contribution is 5.95. The standard InChI is InChI=1S/C30H37N5O7/c1-3-17(2)26(29(40)34-24(30(41)42)14-19-16-32-22-12-8-7-11-20(19)22)35-28(39)23(13-18-9-5-4-6-10-18)33-27(38)21(31)15-25(36)37/h4-12,16-17,21,23-24,26,32H,3,13-15,31H2,1-2H3,(H,33,38)(H,34,40)(H,35,39)(H,36,37)(H,41,42). The first kappa shape index (κ1) is 31.8. The van der Waals surface area contributed by atoms with Crippen LogP contribution in [-0.2, 0) is 36.8 Å². The van der Waals surface area contributed by atoms with Gasteiger partial charge in [0.2, 0.25) is 17.7 Å². The normalized spacial score (nSPS) is 14.6. The van der Waals surface area contributed by atoms with Crippen molar-refractivity contribution in [1.29, 1.82) is 0 Å². The van der Waals surface area contributed by atoms with Gasteiger partial charge < -0.3 is 36.9 Å². The number of para-hydroxylation sites is 1. The van der Waals surface area contributed by atoms with Crippen LogP contribution < -0.4 is 21.7 Å². The molecule has 12 nitrogen and oxygen atoms in total. The number of aromatic nitrogens is 1. The summed E-state index contributed by atoms with van der Waals surface area (Å²) in [6.45, 7) is 3.57. The Hall–Kier alpha value is -4.71. The maximum Gasteiger partial charge on any atom is 0.326 e. The minimum Gasteiger partial charge on any atom is -0.481 e. The smallest absolute Gasteiger partial charge is 0.326 e. The van der Waals surface area contributed by atoms with Crippen LogP contribution in [0.15, 0.2) is 60.8 Å². The van der Waals surface area contributed by atoms with Crippen molar-refractivity contribution in [3.05, 3.63) is 71.9 Å². The van der Waals surface area contributed by atoms with Crippen LogP contribution in [0.5, 0.6) is 0 Å². The molecule has 0 radical (unpaired) electrons. The highest BCUT2D eigenvalue weighted by Crippen LogP contribution is 2.19. The van der Waals surface area contributed by atoms with E-state index in [1.807, 2.05) is 31.2 Å². The van der Waals surface area contributed by atoms with Crippen LogP contribution in [0.3, 0.4) is 0 Å². The minimum atomic E-state index is -1.39. The number of amides is 3. The fourth-order valence-electron chi connectivity index (χ4n) is 4.56. The second kappa shape index (κ2) is 14.8. The average Bonchev–Trinajstić information content (AvgIpc) is 3.37. The zero-order valence-electron chi connectivity index (χ0n) is 23.5. The molecule has 224 valence electrons. The lowest BCUT2D eigenvalue weighted by Gasteiger charge is -2.28. The second-order valence-corrected chi connectivity index (χ2v) is 10.3. The monoisotopic (exact) mass is 579 g/mol. The van der Waals surface area contributed by atoms with E-state index < -0.39 is 60.2 Å². The van der Waals surface area contributed by atoms with Crippen molar-refractivity contribution in [3.8, 4) is 0 Å². The quantitative estimate of drug-likeness (QED) is 0.140. The van der Waals surface area contributed by atoms with Gasteiger partial charge in [0, 0.05) is 29.9 Å². The summed E-state index contributed by atoms with van der Waals surface area (Å²) in [6.07, 6.45) is 1.62. The Morgan fingerprint density at radius 2 is 1.48 bits per heavy atom. The molecule has 8 N–H and O–H groups in total. The molecule has 0 aliphatic rings. The minimum absolute atomic E-state index is 0.0143. The topological polar surface area (TPSA) is 204 Å². The predicted octanol–water partition coefficient (Wildman–Crippen LogP) is 1.34. The number of benzene rings is 2. The predicted molar refractivity (Wildman–Crippen MR) is 155 cm³/mol. The first-order valence-corrected chi connectivity index (χ1v) is 13.7. The molecule has 3 amide bonds. The van der Waals surface area contributed by atoms with Crippen molar-refractivity contribution in [2.45, 2.75) is 63.7 Å². The summed E-state index contributed by atoms with van der Waals surface area (Å²) >= 11 is 0. The number of nitrogens with one attached hydrogen (secondary N) is 4. The number of fused-ring (bicyclic) bond motifs is 1. The van der Waals surface area contributed by atoms with Crippen LogP contribution >= 0.6 is 0 Å². The van der Waals surface area contributed by atoms with E-state index in [-0.39, 0.29) is 18.8 Å². The summed E-state index contributed by atoms with van der Waals surface area (Å²) in [5.41, 5.74) is 7.96. The van der Waals surface area contributed by atoms with Crippen LogP contribution in [-0.4, -0.2) is 69.0 Å². The molecule has 12 heteroatoms. The van der Waals surface area contributed by atoms with Gasteiger partial charge in [-0.3, -0.25) is 19.2 Å². The number of aromatic amines is 1. The lowest BCUT2D eigenvalue weighted by molar-refractivity contribution is -0.142. The van der Waals surface area contributed by atoms with Gasteiger partial charge in [-0.2, -0.15) is 0 Å². The van der Waals surface area contributed by atoms with E-state index in [4.69, 9.17) is 10.8 Å². The Labute approximate surface area is 243 Å². The molecule has 1 heterocycles. The van der Waals surface area contributed by atoms with Gasteiger partial charge in [0.05, 0.1) is 12.5 Å². The summed E-state index contributed by atoms with van der Waals surface area (Å²) in [5.74, 6) is -5.10. The fraction of sp³-hybridized carbons (Fsp3) is 0.367. The first-order chi connectivity index (χ1) is 20.0. The molecule has 2 aromatic carbocycles. The summed E-state index contributed by atoms with van der Waals surface area (Å²) in [4.78, 5) is 65.8. The Morgan fingerprint density at radius 1 is 0.833 bits per heavy atom. The van der Waals surface area contributed by atoms with E-state index in [0.29, 0.717) is 17.5 Å². The zero-order valence-corrected chi connectivity index (χ0v) is 23.5. The third-order valence-corrected chi connectivity index (χ3v) is 7.15. The number of hydrogen-bond acceptors (Lipinski definition) is 6. The van der Waals surface area contributed by atoms with Crippen molar-refractivity contribution in [2.75, 3.05) is 0 Å². The number of carbonyl (C=O) groups is 5. The van der Waals surface area contributed by atoms with Gasteiger partial charge in [-0.15, -0.1) is 0 Å². The molecule has 0 saturated heterocycles. The van der Waals surface area contributed by atoms with Gasteiger partial charge in [-0.25, -0.2) is 4.79 Å². The maximum atomic E-state index is 13.5. The molecule has 0 fully saturated rings. The van der Waals surface area contributed by atoms with Crippen molar-refractivity contribution in [1.82, 2.24) is 20.9 Å². The van der Waals surface area contributed by atoms with Crippen LogP contribution in [0.2, 0.25) is 0 Å². The van der Waals surface area contributed by atoms with E-state index in [9.17, 15) is 29.1 Å². The van der Waals surface area contributed by atoms with Crippen LogP contribution in [0, 0.1) is 5.92 Å². The van der Waals surface area contributed by atoms with E-state index in [1.165, 1.54) is 0 Å². The van der Waals surface area contributed by atoms with Gasteiger partial charge in [0.15, 0.2) is 0 Å². The summed E-state index contributed by atoms with van der Waals surface area (Å²) < 4.78 is 0. The molecule has 1 aromatic heterocycles. The summed E-state index contributed by atoms with van der Waals surface area (Å²) in [7, 11) is 0. The summed E-state index contributed by atoms with van der Waals surface area (Å²) in [5, 5.41) is 27.5. The van der Waals surface area contributed by atoms with Crippen molar-refractivity contribution >= 4 is 40.6 Å². The Morgan fingerprint density at radius 3 is 2.12 bits per heavy atom. The van der Waals surface area contributed by atoms with Crippen molar-refractivity contribution < 1.29 is 34.2 Å². The maximum absolute atomic E-state index is 13.5. The molecule has 0 saturated carbocycles. The highest BCUT2D eigenvalue weighted by Gasteiger charge is 2.33. The molecule has 0 aliphatic heterocycles. The van der Waals surface area contributed by atoms with E-state index >= 15 is 0 Å². The lowest BCUT2D eigenvalue weighted by Crippen LogP contribution is -2.59. The van der Waals surface area contributed by atoms with Crippen molar-refractivity contribution in [3.63, 3.8) is 0 Å². The molecule has 3 rings (SSSR count). The SMILES string of the molecule is CCC(C)C(NC(=O)C(Cc1ccccc1)NC(=O)C(N)CC(=O)O)C(=O)NC(Cc1c[nH]c2ccccc12)C(=O)O. The van der Waals surface area contributed by atoms with E-state index in [0.717, 1.165) is 10.9 Å². The Balaban J connectivity index is 1.79. The average molecular weight is 580 g/mol. The van der Waals surface area contributed by atoms with Gasteiger partial charge in [0.1, 0.15) is 18.1 Å². The number of nitrogens with two attached hydrogens (primary N) is 1. The van der Waals surface area contributed by atoms with Gasteiger partial charge in [-0.1, -0.05) is 68.8 Å². The number of carbonyl (C=O) groups excluding carboxylic acids is 3. The Kier molecular flexibility index (Phi) is 11.2. The highest BCUT2D eigenvalue weighted by atomic mass is 16.4. The molecule has 0 bridgehead atoms. The van der Waals surface area contributed by atoms with Gasteiger partial charge in [0.25, 0.3) is 0 Å². The number of aliphatic carboxylic acids is 2. The second-order valence-electron chi connectivity index (χ2n) is 10.3. The molecular weight excluding hydrogens is 542 g/mol. The van der Waals surface area contributed by atoms with E-state index in [2.05, 4.69) is 20.9 Å².